The summed E-state index contributed by atoms with van der Waals surface area (Å²) in [6, 6.07) is 4.00. The number of aryl methyl sites for hydroxylation is 3. The fourth-order valence-electron chi connectivity index (χ4n) is 2.10. The van der Waals surface area contributed by atoms with Crippen LogP contribution in [0.25, 0.3) is 10.9 Å². The van der Waals surface area contributed by atoms with Crippen molar-refractivity contribution in [2.24, 2.45) is 4.99 Å². The van der Waals surface area contributed by atoms with Gasteiger partial charge in [0.1, 0.15) is 0 Å². The third-order valence-corrected chi connectivity index (χ3v) is 3.29. The van der Waals surface area contributed by atoms with Gasteiger partial charge in [-0.2, -0.15) is 4.99 Å². The molecule has 7 heteroatoms. The van der Waals surface area contributed by atoms with Crippen molar-refractivity contribution in [2.75, 3.05) is 0 Å². The summed E-state index contributed by atoms with van der Waals surface area (Å²) in [5.41, 5.74) is 3.83. The fourth-order valence-corrected chi connectivity index (χ4v) is 2.10. The highest BCUT2D eigenvalue weighted by atomic mass is 16.2. The number of hydrogen-bond donors (Lipinski definition) is 2. The molecule has 1 aromatic carbocycles. The zero-order valence-corrected chi connectivity index (χ0v) is 13.8. The van der Waals surface area contributed by atoms with Crippen LogP contribution in [0.3, 0.4) is 0 Å². The predicted molar refractivity (Wildman–Crippen MR) is 88.5 cm³/mol. The van der Waals surface area contributed by atoms with Crippen molar-refractivity contribution in [1.29, 1.82) is 0 Å². The first-order valence-electron chi connectivity index (χ1n) is 7.15. The second-order valence-electron chi connectivity index (χ2n) is 5.39. The van der Waals surface area contributed by atoms with Gasteiger partial charge in [-0.3, -0.25) is 20.2 Å². The maximum absolute atomic E-state index is 11.2. The zero-order chi connectivity index (χ0) is 17.1. The minimum Gasteiger partial charge on any atom is -0.296 e. The highest BCUT2D eigenvalue weighted by Gasteiger charge is 2.09. The number of nitrogens with one attached hydrogen (secondary N) is 2. The number of hydrogen-bond acceptors (Lipinski definition) is 5. The molecule has 2 rings (SSSR count). The van der Waals surface area contributed by atoms with Gasteiger partial charge in [0.15, 0.2) is 0 Å². The van der Waals surface area contributed by atoms with Gasteiger partial charge in [0.05, 0.1) is 11.2 Å². The number of aromatic nitrogens is 2. The van der Waals surface area contributed by atoms with E-state index in [9.17, 15) is 9.59 Å². The van der Waals surface area contributed by atoms with Crippen molar-refractivity contribution in [3.63, 3.8) is 0 Å². The van der Waals surface area contributed by atoms with Crippen LogP contribution in [0, 0.1) is 20.8 Å². The van der Waals surface area contributed by atoms with E-state index in [1.807, 2.05) is 32.9 Å². The summed E-state index contributed by atoms with van der Waals surface area (Å²) >= 11 is 0. The molecule has 0 unspecified atom stereocenters. The molecule has 2 N–H and O–H groups in total. The number of guanidine groups is 1. The maximum atomic E-state index is 11.2. The van der Waals surface area contributed by atoms with Crippen molar-refractivity contribution >= 4 is 34.6 Å². The molecule has 120 valence electrons. The smallest absolute Gasteiger partial charge is 0.253 e. The standard InChI is InChI=1S/C16H19N5O2/c1-8-6-13-10(3)17-15(20-14(13)7-9(8)2)21-16(18-11(4)22)19-12(5)23/h6-7H,1-5H3,(H2,17,18,19,20,21,22,23). The molecule has 0 aliphatic rings. The molecule has 0 radical (unpaired) electrons. The van der Waals surface area contributed by atoms with Crippen LogP contribution in [-0.2, 0) is 9.59 Å². The van der Waals surface area contributed by atoms with E-state index in [0.717, 1.165) is 27.7 Å². The zero-order valence-electron chi connectivity index (χ0n) is 13.8. The third-order valence-electron chi connectivity index (χ3n) is 3.29. The van der Waals surface area contributed by atoms with Gasteiger partial charge in [-0.05, 0) is 44.0 Å². The molecule has 0 aliphatic carbocycles. The van der Waals surface area contributed by atoms with E-state index in [1.165, 1.54) is 13.8 Å². The monoisotopic (exact) mass is 313 g/mol. The number of fused-ring (bicyclic) bond motifs is 1. The summed E-state index contributed by atoms with van der Waals surface area (Å²) in [4.78, 5) is 35.3. The molecule has 7 nitrogen and oxygen atoms in total. The SMILES string of the molecule is CC(=O)NC(=Nc1nc(C)c2cc(C)c(C)cc2n1)NC(C)=O. The molecule has 0 aliphatic heterocycles. The van der Waals surface area contributed by atoms with Crippen molar-refractivity contribution in [2.45, 2.75) is 34.6 Å². The fraction of sp³-hybridized carbons (Fsp3) is 0.312. The van der Waals surface area contributed by atoms with E-state index in [2.05, 4.69) is 25.6 Å². The van der Waals surface area contributed by atoms with Gasteiger partial charge >= 0.3 is 0 Å². The van der Waals surface area contributed by atoms with Crippen molar-refractivity contribution < 1.29 is 9.59 Å². The molecule has 0 saturated heterocycles. The van der Waals surface area contributed by atoms with Crippen LogP contribution in [0.1, 0.15) is 30.7 Å². The summed E-state index contributed by atoms with van der Waals surface area (Å²) in [6.07, 6.45) is 0. The molecule has 0 fully saturated rings. The molecule has 2 amide bonds. The van der Waals surface area contributed by atoms with Gasteiger partial charge in [-0.15, -0.1) is 0 Å². The van der Waals surface area contributed by atoms with Crippen LogP contribution in [-0.4, -0.2) is 27.7 Å². The Morgan fingerprint density at radius 1 is 0.957 bits per heavy atom. The van der Waals surface area contributed by atoms with E-state index in [4.69, 9.17) is 0 Å². The van der Waals surface area contributed by atoms with Crippen LogP contribution < -0.4 is 10.6 Å². The summed E-state index contributed by atoms with van der Waals surface area (Å²) in [5, 5.41) is 5.85. The minimum absolute atomic E-state index is 0.00702. The van der Waals surface area contributed by atoms with Crippen molar-refractivity contribution in [1.82, 2.24) is 20.6 Å². The van der Waals surface area contributed by atoms with Gasteiger partial charge in [0, 0.05) is 19.2 Å². The topological polar surface area (TPSA) is 96.3 Å². The number of amides is 2. The second-order valence-corrected chi connectivity index (χ2v) is 5.39. The number of nitrogens with zero attached hydrogens (tertiary/aromatic N) is 3. The first-order chi connectivity index (χ1) is 10.8. The first kappa shape index (κ1) is 16.5. The normalized spacial score (nSPS) is 10.3. The predicted octanol–water partition coefficient (Wildman–Crippen LogP) is 1.81. The lowest BCUT2D eigenvalue weighted by molar-refractivity contribution is -0.117. The molecule has 1 heterocycles. The van der Waals surface area contributed by atoms with Gasteiger partial charge in [-0.25, -0.2) is 9.97 Å². The Kier molecular flexibility index (Phi) is 4.68. The molecule has 0 saturated carbocycles. The molecular weight excluding hydrogens is 294 g/mol. The van der Waals surface area contributed by atoms with Crippen molar-refractivity contribution in [3.05, 3.63) is 29.0 Å². The third kappa shape index (κ3) is 4.09. The average molecular weight is 313 g/mol. The molecule has 0 atom stereocenters. The Morgan fingerprint density at radius 2 is 1.52 bits per heavy atom. The Bertz CT molecular complexity index is 809. The summed E-state index contributed by atoms with van der Waals surface area (Å²) in [5.74, 6) is -0.508. The van der Waals surface area contributed by atoms with Crippen LogP contribution in [0.15, 0.2) is 17.1 Å². The number of aliphatic imine (C=N–C) groups is 1. The Hall–Kier alpha value is -2.83. The highest BCUT2D eigenvalue weighted by Crippen LogP contribution is 2.22. The number of rotatable bonds is 1. The molecule has 1 aromatic heterocycles. The number of carbonyl (C=O) groups is 2. The molecule has 0 bridgehead atoms. The van der Waals surface area contributed by atoms with Crippen LogP contribution >= 0.6 is 0 Å². The first-order valence-corrected chi connectivity index (χ1v) is 7.15. The van der Waals surface area contributed by atoms with Gasteiger partial charge < -0.3 is 0 Å². The van der Waals surface area contributed by atoms with Gasteiger partial charge in [0.25, 0.3) is 5.95 Å². The Labute approximate surface area is 134 Å². The van der Waals surface area contributed by atoms with Crippen LogP contribution in [0.5, 0.6) is 0 Å². The largest absolute Gasteiger partial charge is 0.296 e. The number of carbonyl (C=O) groups excluding carboxylic acids is 2. The average Bonchev–Trinajstić information content (AvgIpc) is 2.39. The minimum atomic E-state index is -0.346. The lowest BCUT2D eigenvalue weighted by Gasteiger charge is -2.09. The van der Waals surface area contributed by atoms with E-state index in [-0.39, 0.29) is 23.7 Å². The number of benzene rings is 1. The van der Waals surface area contributed by atoms with E-state index in [1.54, 1.807) is 0 Å². The summed E-state index contributed by atoms with van der Waals surface area (Å²) in [6.45, 7) is 8.57. The van der Waals surface area contributed by atoms with Crippen LogP contribution in [0.2, 0.25) is 0 Å². The lowest BCUT2D eigenvalue weighted by Crippen LogP contribution is -2.41. The van der Waals surface area contributed by atoms with Gasteiger partial charge in [-0.1, -0.05) is 0 Å². The molecule has 2 aromatic rings. The Morgan fingerprint density at radius 3 is 2.09 bits per heavy atom. The Balaban J connectivity index is 2.53. The summed E-state index contributed by atoms with van der Waals surface area (Å²) in [7, 11) is 0. The quantitative estimate of drug-likeness (QED) is 0.620. The maximum Gasteiger partial charge on any atom is 0.253 e. The molecular formula is C16H19N5O2. The van der Waals surface area contributed by atoms with E-state index < -0.39 is 0 Å². The van der Waals surface area contributed by atoms with Crippen LogP contribution in [0.4, 0.5) is 5.95 Å². The van der Waals surface area contributed by atoms with Crippen molar-refractivity contribution in [3.8, 4) is 0 Å². The summed E-state index contributed by atoms with van der Waals surface area (Å²) < 4.78 is 0. The van der Waals surface area contributed by atoms with E-state index >= 15 is 0 Å². The second kappa shape index (κ2) is 6.51. The lowest BCUT2D eigenvalue weighted by atomic mass is 10.1. The van der Waals surface area contributed by atoms with E-state index in [0.29, 0.717) is 0 Å². The highest BCUT2D eigenvalue weighted by molar-refractivity contribution is 6.04. The van der Waals surface area contributed by atoms with Gasteiger partial charge in [0.2, 0.25) is 17.8 Å². The molecule has 23 heavy (non-hydrogen) atoms. The molecule has 0 spiro atoms.